The highest BCUT2D eigenvalue weighted by atomic mass is 32.1. The number of anilines is 1. The van der Waals surface area contributed by atoms with Gasteiger partial charge < -0.3 is 0 Å². The first-order valence-electron chi connectivity index (χ1n) is 11.2. The van der Waals surface area contributed by atoms with Crippen molar-refractivity contribution in [3.63, 3.8) is 0 Å². The summed E-state index contributed by atoms with van der Waals surface area (Å²) in [4.78, 5) is 28.6. The molecule has 9 heteroatoms. The number of nitrogens with zero attached hydrogens (tertiary/aromatic N) is 6. The molecule has 0 unspecified atom stereocenters. The maximum Gasteiger partial charge on any atom is 0.252 e. The topological polar surface area (TPSA) is 76.3 Å². The van der Waals surface area contributed by atoms with E-state index in [9.17, 15) is 9.18 Å². The van der Waals surface area contributed by atoms with Gasteiger partial charge in [-0.3, -0.25) is 9.69 Å². The van der Waals surface area contributed by atoms with Crippen LogP contribution in [0, 0.1) is 19.7 Å². The molecule has 3 aromatic heterocycles. The number of carbonyl (C=O) groups is 1. The fraction of sp³-hybridized carbons (Fsp3) is 0.192. The van der Waals surface area contributed by atoms with Crippen molar-refractivity contribution in [2.24, 2.45) is 0 Å². The van der Waals surface area contributed by atoms with Crippen molar-refractivity contribution in [2.75, 3.05) is 4.90 Å². The van der Waals surface area contributed by atoms with Gasteiger partial charge in [0.25, 0.3) is 5.78 Å². The normalized spacial score (nSPS) is 11.2. The summed E-state index contributed by atoms with van der Waals surface area (Å²) in [7, 11) is 0. The van der Waals surface area contributed by atoms with Crippen LogP contribution in [-0.2, 0) is 17.8 Å². The van der Waals surface area contributed by atoms with Crippen LogP contribution < -0.4 is 4.90 Å². The van der Waals surface area contributed by atoms with Crippen LogP contribution in [0.25, 0.3) is 17.0 Å². The largest absolute Gasteiger partial charge is 0.284 e. The molecule has 0 aliphatic rings. The van der Waals surface area contributed by atoms with Crippen molar-refractivity contribution >= 4 is 28.2 Å². The highest BCUT2D eigenvalue weighted by Crippen LogP contribution is 2.29. The predicted molar refractivity (Wildman–Crippen MR) is 134 cm³/mol. The maximum atomic E-state index is 13.5. The molecule has 5 aromatic rings. The molecule has 0 N–H and O–H groups in total. The minimum atomic E-state index is -0.311. The molecule has 5 rings (SSSR count). The Balaban J connectivity index is 1.42. The molecule has 1 amide bonds. The lowest BCUT2D eigenvalue weighted by molar-refractivity contribution is -0.118. The summed E-state index contributed by atoms with van der Waals surface area (Å²) in [6.45, 7) is 4.18. The van der Waals surface area contributed by atoms with E-state index < -0.39 is 0 Å². The van der Waals surface area contributed by atoms with Gasteiger partial charge in [0.2, 0.25) is 5.91 Å². The van der Waals surface area contributed by atoms with E-state index in [4.69, 9.17) is 4.98 Å². The van der Waals surface area contributed by atoms with Gasteiger partial charge in [0.05, 0.1) is 12.2 Å². The van der Waals surface area contributed by atoms with Crippen molar-refractivity contribution in [3.8, 4) is 11.3 Å². The maximum absolute atomic E-state index is 13.5. The van der Waals surface area contributed by atoms with Gasteiger partial charge >= 0.3 is 0 Å². The number of hydrogen-bond donors (Lipinski definition) is 0. The van der Waals surface area contributed by atoms with E-state index in [1.165, 1.54) is 29.8 Å². The number of carbonyl (C=O) groups excluding carboxylic acids is 1. The van der Waals surface area contributed by atoms with E-state index >= 15 is 0 Å². The molecule has 0 spiro atoms. The van der Waals surface area contributed by atoms with Gasteiger partial charge in [-0.15, -0.1) is 11.3 Å². The number of aryl methyl sites for hydroxylation is 2. The molecule has 0 atom stereocenters. The standard InChI is InChI=1S/C26H23FN6OS/c1-17-22(18(2)33-25(30-17)28-16-29-33)12-13-24(34)32(14-19-8-10-21(27)11-9-19)26-31-23(15-35-26)20-6-4-3-5-7-20/h3-11,15-16H,12-14H2,1-2H3. The van der Waals surface area contributed by atoms with Crippen molar-refractivity contribution in [3.05, 3.63) is 94.6 Å². The molecular weight excluding hydrogens is 463 g/mol. The molecule has 7 nitrogen and oxygen atoms in total. The van der Waals surface area contributed by atoms with Gasteiger partial charge in [-0.05, 0) is 43.5 Å². The fourth-order valence-electron chi connectivity index (χ4n) is 4.05. The third kappa shape index (κ3) is 4.81. The predicted octanol–water partition coefficient (Wildman–Crippen LogP) is 5.17. The first-order chi connectivity index (χ1) is 17.0. The molecule has 0 bridgehead atoms. The zero-order chi connectivity index (χ0) is 24.4. The molecule has 2 aromatic carbocycles. The van der Waals surface area contributed by atoms with Crippen LogP contribution in [-0.4, -0.2) is 30.5 Å². The van der Waals surface area contributed by atoms with E-state index in [2.05, 4.69) is 15.1 Å². The number of rotatable bonds is 7. The van der Waals surface area contributed by atoms with Crippen molar-refractivity contribution in [1.82, 2.24) is 24.6 Å². The Morgan fingerprint density at radius 1 is 1.06 bits per heavy atom. The van der Waals surface area contributed by atoms with Crippen LogP contribution in [0.3, 0.4) is 0 Å². The highest BCUT2D eigenvalue weighted by molar-refractivity contribution is 7.14. The Morgan fingerprint density at radius 2 is 1.83 bits per heavy atom. The van der Waals surface area contributed by atoms with E-state index in [0.29, 0.717) is 23.9 Å². The summed E-state index contributed by atoms with van der Waals surface area (Å²) >= 11 is 1.42. The number of thiazole rings is 1. The lowest BCUT2D eigenvalue weighted by Gasteiger charge is -2.21. The number of amides is 1. The average Bonchev–Trinajstić information content (AvgIpc) is 3.54. The summed E-state index contributed by atoms with van der Waals surface area (Å²) in [5, 5.41) is 6.79. The summed E-state index contributed by atoms with van der Waals surface area (Å²) in [5.41, 5.74) is 5.36. The number of fused-ring (bicyclic) bond motifs is 1. The number of benzene rings is 2. The SMILES string of the molecule is Cc1nc2ncnn2c(C)c1CCC(=O)N(Cc1ccc(F)cc1)c1nc(-c2ccccc2)cs1. The molecule has 0 saturated carbocycles. The van der Waals surface area contributed by atoms with Crippen molar-refractivity contribution in [2.45, 2.75) is 33.2 Å². The van der Waals surface area contributed by atoms with Gasteiger partial charge in [-0.2, -0.15) is 10.1 Å². The molecule has 0 aliphatic heterocycles. The first kappa shape index (κ1) is 22.8. The lowest BCUT2D eigenvalue weighted by Crippen LogP contribution is -2.30. The quantitative estimate of drug-likeness (QED) is 0.317. The summed E-state index contributed by atoms with van der Waals surface area (Å²) in [5.74, 6) is 0.166. The van der Waals surface area contributed by atoms with Gasteiger partial charge in [0, 0.05) is 28.8 Å². The Bertz CT molecular complexity index is 1480. The van der Waals surface area contributed by atoms with Crippen LogP contribution in [0.5, 0.6) is 0 Å². The van der Waals surface area contributed by atoms with Crippen LogP contribution in [0.15, 0.2) is 66.3 Å². The smallest absolute Gasteiger partial charge is 0.252 e. The van der Waals surface area contributed by atoms with Gasteiger partial charge in [-0.1, -0.05) is 42.5 Å². The van der Waals surface area contributed by atoms with Crippen LogP contribution in [0.4, 0.5) is 9.52 Å². The Morgan fingerprint density at radius 3 is 2.60 bits per heavy atom. The van der Waals surface area contributed by atoms with E-state index in [0.717, 1.165) is 33.8 Å². The zero-order valence-corrected chi connectivity index (χ0v) is 20.2. The zero-order valence-electron chi connectivity index (χ0n) is 19.3. The second-order valence-electron chi connectivity index (χ2n) is 8.22. The first-order valence-corrected chi connectivity index (χ1v) is 12.1. The molecule has 3 heterocycles. The molecule has 0 radical (unpaired) electrons. The summed E-state index contributed by atoms with van der Waals surface area (Å²) < 4.78 is 15.2. The molecule has 176 valence electrons. The van der Waals surface area contributed by atoms with Crippen LogP contribution >= 0.6 is 11.3 Å². The average molecular weight is 487 g/mol. The van der Waals surface area contributed by atoms with Gasteiger partial charge in [0.1, 0.15) is 12.1 Å². The number of halogens is 1. The minimum Gasteiger partial charge on any atom is -0.284 e. The van der Waals surface area contributed by atoms with E-state index in [1.54, 1.807) is 21.5 Å². The Labute approximate surface area is 205 Å². The summed E-state index contributed by atoms with van der Waals surface area (Å²) in [6, 6.07) is 16.0. The molecule has 0 fully saturated rings. The number of hydrogen-bond acceptors (Lipinski definition) is 6. The fourth-order valence-corrected chi connectivity index (χ4v) is 4.90. The second kappa shape index (κ2) is 9.71. The molecular formula is C26H23FN6OS. The number of aromatic nitrogens is 5. The van der Waals surface area contributed by atoms with Gasteiger partial charge in [0.15, 0.2) is 5.13 Å². The van der Waals surface area contributed by atoms with Crippen molar-refractivity contribution in [1.29, 1.82) is 0 Å². The van der Waals surface area contributed by atoms with Gasteiger partial charge in [-0.25, -0.2) is 18.9 Å². The van der Waals surface area contributed by atoms with Crippen LogP contribution in [0.2, 0.25) is 0 Å². The Hall–Kier alpha value is -3.98. The molecule has 0 saturated heterocycles. The monoisotopic (exact) mass is 486 g/mol. The van der Waals surface area contributed by atoms with E-state index in [-0.39, 0.29) is 18.1 Å². The lowest BCUT2D eigenvalue weighted by atomic mass is 10.1. The molecule has 35 heavy (non-hydrogen) atoms. The minimum absolute atomic E-state index is 0.0687. The van der Waals surface area contributed by atoms with Crippen molar-refractivity contribution < 1.29 is 9.18 Å². The highest BCUT2D eigenvalue weighted by Gasteiger charge is 2.21. The van der Waals surface area contributed by atoms with E-state index in [1.807, 2.05) is 49.6 Å². The second-order valence-corrected chi connectivity index (χ2v) is 9.06. The third-order valence-corrected chi connectivity index (χ3v) is 6.79. The third-order valence-electron chi connectivity index (χ3n) is 5.93. The molecule has 0 aliphatic carbocycles. The van der Waals surface area contributed by atoms with Crippen LogP contribution in [0.1, 0.15) is 28.9 Å². The summed E-state index contributed by atoms with van der Waals surface area (Å²) in [6.07, 6.45) is 2.25. The Kier molecular flexibility index (Phi) is 6.33.